The van der Waals surface area contributed by atoms with Crippen LogP contribution in [0.1, 0.15) is 33.3 Å². The monoisotopic (exact) mass is 280 g/mol. The van der Waals surface area contributed by atoms with E-state index in [4.69, 9.17) is 22.7 Å². The first-order chi connectivity index (χ1) is 8.70. The van der Waals surface area contributed by atoms with E-state index in [-0.39, 0.29) is 16.5 Å². The molecule has 0 fully saturated rings. The Morgan fingerprint density at radius 1 is 1.37 bits per heavy atom. The molecule has 0 aliphatic carbocycles. The van der Waals surface area contributed by atoms with Crippen LogP contribution in [0.4, 0.5) is 5.69 Å². The minimum Gasteiger partial charge on any atom is -0.389 e. The molecule has 0 saturated carbocycles. The molecule has 5 heteroatoms. The number of para-hydroxylation sites is 1. The fraction of sp³-hybridized carbons (Fsp3) is 0.429. The number of nitrogens with one attached hydrogen (secondary N) is 1. The Morgan fingerprint density at radius 2 is 1.95 bits per heavy atom. The molecule has 0 aliphatic rings. The number of hydrogen-bond donors (Lipinski definition) is 2. The Kier molecular flexibility index (Phi) is 5.03. The molecule has 0 aliphatic heterocycles. The summed E-state index contributed by atoms with van der Waals surface area (Å²) in [5.41, 5.74) is 6.49. The van der Waals surface area contributed by atoms with Crippen molar-refractivity contribution >= 4 is 28.8 Å². The molecular formula is C14H20N2O2S. The summed E-state index contributed by atoms with van der Waals surface area (Å²) >= 11 is 4.95. The largest absolute Gasteiger partial charge is 0.389 e. The number of carbonyl (C=O) groups excluding carboxylic acids is 1. The van der Waals surface area contributed by atoms with E-state index in [1.807, 2.05) is 32.9 Å². The molecule has 0 saturated heterocycles. The van der Waals surface area contributed by atoms with Gasteiger partial charge in [-0.1, -0.05) is 24.4 Å². The lowest BCUT2D eigenvalue weighted by Gasteiger charge is -2.24. The maximum atomic E-state index is 12.0. The minimum absolute atomic E-state index is 0.223. The number of nitrogens with two attached hydrogens (primary N) is 1. The number of amides is 1. The van der Waals surface area contributed by atoms with E-state index in [0.717, 1.165) is 0 Å². The molecule has 0 radical (unpaired) electrons. The van der Waals surface area contributed by atoms with Crippen LogP contribution >= 0.6 is 12.2 Å². The molecule has 1 aromatic rings. The third-order valence-corrected chi connectivity index (χ3v) is 2.57. The van der Waals surface area contributed by atoms with Crippen molar-refractivity contribution in [3.8, 4) is 0 Å². The van der Waals surface area contributed by atoms with Crippen LogP contribution < -0.4 is 11.1 Å². The zero-order chi connectivity index (χ0) is 14.6. The van der Waals surface area contributed by atoms with Gasteiger partial charge in [0.25, 0.3) is 5.91 Å². The van der Waals surface area contributed by atoms with Gasteiger partial charge in [0.15, 0.2) is 0 Å². The smallest absolute Gasteiger partial charge is 0.253 e. The predicted molar refractivity (Wildman–Crippen MR) is 81.3 cm³/mol. The Labute approximate surface area is 119 Å². The second-order valence-corrected chi connectivity index (χ2v) is 5.71. The third kappa shape index (κ3) is 4.96. The van der Waals surface area contributed by atoms with Crippen molar-refractivity contribution in [3.05, 3.63) is 29.8 Å². The zero-order valence-corrected chi connectivity index (χ0v) is 12.5. The van der Waals surface area contributed by atoms with Crippen LogP contribution in [-0.4, -0.2) is 22.6 Å². The van der Waals surface area contributed by atoms with Crippen molar-refractivity contribution in [1.82, 2.24) is 0 Å². The van der Waals surface area contributed by atoms with Crippen molar-refractivity contribution in [2.24, 2.45) is 5.73 Å². The van der Waals surface area contributed by atoms with Crippen LogP contribution in [0.5, 0.6) is 0 Å². The highest BCUT2D eigenvalue weighted by molar-refractivity contribution is 7.80. The van der Waals surface area contributed by atoms with E-state index in [0.29, 0.717) is 11.3 Å². The average Bonchev–Trinajstić information content (AvgIpc) is 2.27. The molecular weight excluding hydrogens is 260 g/mol. The van der Waals surface area contributed by atoms with Gasteiger partial charge in [-0.3, -0.25) is 4.79 Å². The number of benzene rings is 1. The Balaban J connectivity index is 2.80. The molecule has 0 aromatic heterocycles. The van der Waals surface area contributed by atoms with E-state index >= 15 is 0 Å². The Bertz CT molecular complexity index is 481. The molecule has 1 unspecified atom stereocenters. The summed E-state index contributed by atoms with van der Waals surface area (Å²) < 4.78 is 5.60. The first-order valence-electron chi connectivity index (χ1n) is 6.08. The molecule has 1 amide bonds. The summed E-state index contributed by atoms with van der Waals surface area (Å²) in [7, 11) is 0. The van der Waals surface area contributed by atoms with Crippen LogP contribution in [0.2, 0.25) is 0 Å². The van der Waals surface area contributed by atoms with Gasteiger partial charge >= 0.3 is 0 Å². The van der Waals surface area contributed by atoms with Crippen molar-refractivity contribution in [2.45, 2.75) is 39.4 Å². The minimum atomic E-state index is -0.556. The molecule has 0 spiro atoms. The number of ether oxygens (including phenoxy) is 1. The summed E-state index contributed by atoms with van der Waals surface area (Å²) in [6, 6.07) is 7.16. The predicted octanol–water partition coefficient (Wildman–Crippen LogP) is 2.46. The van der Waals surface area contributed by atoms with Crippen molar-refractivity contribution in [2.75, 3.05) is 5.32 Å². The quantitative estimate of drug-likeness (QED) is 0.832. The third-order valence-electron chi connectivity index (χ3n) is 2.35. The van der Waals surface area contributed by atoms with E-state index in [1.165, 1.54) is 0 Å². The maximum Gasteiger partial charge on any atom is 0.253 e. The van der Waals surface area contributed by atoms with Gasteiger partial charge in [-0.15, -0.1) is 0 Å². The van der Waals surface area contributed by atoms with Crippen LogP contribution in [0.15, 0.2) is 24.3 Å². The number of carbonyl (C=O) groups is 1. The molecule has 4 nitrogen and oxygen atoms in total. The standard InChI is InChI=1S/C14H20N2O2S/c1-9(18-14(2,3)4)13(17)16-11-8-6-5-7-10(11)12(15)19/h5-9H,1-4H3,(H2,15,19)(H,16,17). The van der Waals surface area contributed by atoms with Gasteiger partial charge in [0, 0.05) is 5.56 Å². The van der Waals surface area contributed by atoms with Gasteiger partial charge in [0.1, 0.15) is 11.1 Å². The summed E-state index contributed by atoms with van der Waals surface area (Å²) in [5.74, 6) is -0.223. The summed E-state index contributed by atoms with van der Waals surface area (Å²) in [6.07, 6.45) is -0.556. The van der Waals surface area contributed by atoms with Crippen molar-refractivity contribution in [3.63, 3.8) is 0 Å². The van der Waals surface area contributed by atoms with Gasteiger partial charge in [0.05, 0.1) is 11.3 Å². The number of thiocarbonyl (C=S) groups is 1. The van der Waals surface area contributed by atoms with Gasteiger partial charge < -0.3 is 15.8 Å². The van der Waals surface area contributed by atoms with Gasteiger partial charge in [0.2, 0.25) is 0 Å². The molecule has 0 bridgehead atoms. The summed E-state index contributed by atoms with van der Waals surface area (Å²) in [4.78, 5) is 12.3. The molecule has 3 N–H and O–H groups in total. The van der Waals surface area contributed by atoms with E-state index in [9.17, 15) is 4.79 Å². The molecule has 1 rings (SSSR count). The number of rotatable bonds is 4. The van der Waals surface area contributed by atoms with E-state index in [2.05, 4.69) is 5.32 Å². The zero-order valence-electron chi connectivity index (χ0n) is 11.7. The lowest BCUT2D eigenvalue weighted by atomic mass is 10.1. The Hall–Kier alpha value is -1.46. The fourth-order valence-corrected chi connectivity index (χ4v) is 1.80. The fourth-order valence-electron chi connectivity index (χ4n) is 1.63. The van der Waals surface area contributed by atoms with Crippen LogP contribution in [-0.2, 0) is 9.53 Å². The highest BCUT2D eigenvalue weighted by atomic mass is 32.1. The topological polar surface area (TPSA) is 64.3 Å². The number of anilines is 1. The maximum absolute atomic E-state index is 12.0. The number of hydrogen-bond acceptors (Lipinski definition) is 3. The Morgan fingerprint density at radius 3 is 2.47 bits per heavy atom. The molecule has 104 valence electrons. The normalized spacial score (nSPS) is 12.8. The van der Waals surface area contributed by atoms with E-state index in [1.54, 1.807) is 19.1 Å². The van der Waals surface area contributed by atoms with Crippen molar-refractivity contribution in [1.29, 1.82) is 0 Å². The molecule has 0 heterocycles. The van der Waals surface area contributed by atoms with Crippen LogP contribution in [0.25, 0.3) is 0 Å². The van der Waals surface area contributed by atoms with E-state index < -0.39 is 6.10 Å². The summed E-state index contributed by atoms with van der Waals surface area (Å²) in [5, 5.41) is 2.78. The van der Waals surface area contributed by atoms with Crippen molar-refractivity contribution < 1.29 is 9.53 Å². The van der Waals surface area contributed by atoms with Crippen LogP contribution in [0, 0.1) is 0 Å². The molecule has 1 atom stereocenters. The SMILES string of the molecule is CC(OC(C)(C)C)C(=O)Nc1ccccc1C(N)=S. The first-order valence-corrected chi connectivity index (χ1v) is 6.49. The summed E-state index contributed by atoms with van der Waals surface area (Å²) in [6.45, 7) is 7.42. The first kappa shape index (κ1) is 15.6. The van der Waals surface area contributed by atoms with Crippen LogP contribution in [0.3, 0.4) is 0 Å². The lowest BCUT2D eigenvalue weighted by Crippen LogP contribution is -2.35. The second kappa shape index (κ2) is 6.12. The van der Waals surface area contributed by atoms with Gasteiger partial charge in [-0.2, -0.15) is 0 Å². The molecule has 1 aromatic carbocycles. The second-order valence-electron chi connectivity index (χ2n) is 5.27. The van der Waals surface area contributed by atoms with Gasteiger partial charge in [-0.05, 0) is 39.8 Å². The average molecular weight is 280 g/mol. The molecule has 19 heavy (non-hydrogen) atoms. The highest BCUT2D eigenvalue weighted by Crippen LogP contribution is 2.17. The lowest BCUT2D eigenvalue weighted by molar-refractivity contribution is -0.135. The highest BCUT2D eigenvalue weighted by Gasteiger charge is 2.21. The van der Waals surface area contributed by atoms with Gasteiger partial charge in [-0.25, -0.2) is 0 Å².